The van der Waals surface area contributed by atoms with Crippen LogP contribution in [0.25, 0.3) is 11.4 Å². The van der Waals surface area contributed by atoms with Gasteiger partial charge in [-0.25, -0.2) is 4.98 Å². The van der Waals surface area contributed by atoms with Crippen LogP contribution in [-0.2, 0) is 6.54 Å². The minimum atomic E-state index is 0.493. The highest BCUT2D eigenvalue weighted by molar-refractivity contribution is 5.73. The Morgan fingerprint density at radius 3 is 2.69 bits per heavy atom. The van der Waals surface area contributed by atoms with Gasteiger partial charge in [0, 0.05) is 18.3 Å². The van der Waals surface area contributed by atoms with Crippen LogP contribution in [0.3, 0.4) is 0 Å². The van der Waals surface area contributed by atoms with E-state index >= 15 is 0 Å². The first-order valence-electron chi connectivity index (χ1n) is 5.43. The van der Waals surface area contributed by atoms with E-state index in [0.29, 0.717) is 5.69 Å². The normalized spacial score (nSPS) is 10.3. The summed E-state index contributed by atoms with van der Waals surface area (Å²) in [5.41, 5.74) is 1.54. The molecule has 1 aromatic heterocycles. The molecule has 16 heavy (non-hydrogen) atoms. The molecule has 0 unspecified atom stereocenters. The Kier molecular flexibility index (Phi) is 3.15. The van der Waals surface area contributed by atoms with Gasteiger partial charge in [-0.15, -0.1) is 0 Å². The average Bonchev–Trinajstić information content (AvgIpc) is 2.74. The number of rotatable bonds is 4. The monoisotopic (exact) mass is 214 g/mol. The molecule has 0 saturated heterocycles. The zero-order valence-electron chi connectivity index (χ0n) is 9.26. The molecule has 0 saturated carbocycles. The minimum absolute atomic E-state index is 0.493. The summed E-state index contributed by atoms with van der Waals surface area (Å²) >= 11 is 0. The molecule has 0 bridgehead atoms. The Morgan fingerprint density at radius 2 is 2.06 bits per heavy atom. The van der Waals surface area contributed by atoms with Gasteiger partial charge < -0.3 is 4.57 Å². The number of aryl methyl sites for hydroxylation is 1. The zero-order chi connectivity index (χ0) is 11.4. The Hall–Kier alpha value is -1.90. The van der Waals surface area contributed by atoms with Crippen LogP contribution in [0.5, 0.6) is 0 Å². The maximum atomic E-state index is 10.7. The molecule has 1 heterocycles. The summed E-state index contributed by atoms with van der Waals surface area (Å²) in [4.78, 5) is 15.0. The van der Waals surface area contributed by atoms with Crippen molar-refractivity contribution in [3.63, 3.8) is 0 Å². The highest BCUT2D eigenvalue weighted by Crippen LogP contribution is 2.18. The van der Waals surface area contributed by atoms with E-state index in [2.05, 4.69) is 11.9 Å². The first-order valence-corrected chi connectivity index (χ1v) is 5.43. The van der Waals surface area contributed by atoms with Gasteiger partial charge in [0.2, 0.25) is 0 Å². The van der Waals surface area contributed by atoms with Crippen LogP contribution in [0.1, 0.15) is 23.8 Å². The van der Waals surface area contributed by atoms with E-state index in [1.165, 1.54) is 0 Å². The Bertz CT molecular complexity index is 474. The second-order valence-corrected chi connectivity index (χ2v) is 3.67. The number of carbonyl (C=O) groups excluding carboxylic acids is 1. The molecule has 0 atom stereocenters. The van der Waals surface area contributed by atoms with E-state index in [-0.39, 0.29) is 0 Å². The van der Waals surface area contributed by atoms with Crippen molar-refractivity contribution >= 4 is 6.29 Å². The minimum Gasteiger partial charge on any atom is -0.330 e. The summed E-state index contributed by atoms with van der Waals surface area (Å²) in [6.45, 7) is 2.99. The number of carbonyl (C=O) groups is 1. The molecule has 0 aliphatic rings. The van der Waals surface area contributed by atoms with E-state index < -0.39 is 0 Å². The van der Waals surface area contributed by atoms with Crippen LogP contribution in [0.15, 0.2) is 36.5 Å². The van der Waals surface area contributed by atoms with Crippen LogP contribution < -0.4 is 0 Å². The number of hydrogen-bond donors (Lipinski definition) is 0. The van der Waals surface area contributed by atoms with Gasteiger partial charge in [0.25, 0.3) is 0 Å². The van der Waals surface area contributed by atoms with E-state index in [9.17, 15) is 4.79 Å². The van der Waals surface area contributed by atoms with Gasteiger partial charge in [0.15, 0.2) is 6.29 Å². The van der Waals surface area contributed by atoms with Crippen molar-refractivity contribution in [3.05, 3.63) is 42.2 Å². The summed E-state index contributed by atoms with van der Waals surface area (Å²) in [5.74, 6) is 0.865. The summed E-state index contributed by atoms with van der Waals surface area (Å²) in [5, 5.41) is 0. The molecule has 0 spiro atoms. The fourth-order valence-electron chi connectivity index (χ4n) is 1.72. The molecule has 1 aromatic carbocycles. The summed E-state index contributed by atoms with van der Waals surface area (Å²) < 4.78 is 2.03. The first-order chi connectivity index (χ1) is 7.85. The molecule has 0 aliphatic heterocycles. The molecule has 0 fully saturated rings. The van der Waals surface area contributed by atoms with Gasteiger partial charge in [-0.2, -0.15) is 0 Å². The largest absolute Gasteiger partial charge is 0.330 e. The van der Waals surface area contributed by atoms with Gasteiger partial charge in [-0.3, -0.25) is 4.79 Å². The summed E-state index contributed by atoms with van der Waals surface area (Å²) in [7, 11) is 0. The molecule has 82 valence electrons. The molecule has 3 nitrogen and oxygen atoms in total. The van der Waals surface area contributed by atoms with Crippen molar-refractivity contribution in [3.8, 4) is 11.4 Å². The molecule has 2 rings (SSSR count). The lowest BCUT2D eigenvalue weighted by Gasteiger charge is -2.05. The van der Waals surface area contributed by atoms with Crippen LogP contribution in [-0.4, -0.2) is 15.8 Å². The summed E-state index contributed by atoms with van der Waals surface area (Å²) in [6, 6.07) is 9.92. The zero-order valence-corrected chi connectivity index (χ0v) is 9.26. The van der Waals surface area contributed by atoms with Gasteiger partial charge in [0.1, 0.15) is 11.5 Å². The van der Waals surface area contributed by atoms with Crippen molar-refractivity contribution in [1.29, 1.82) is 0 Å². The number of aldehydes is 1. The van der Waals surface area contributed by atoms with Crippen molar-refractivity contribution in [2.24, 2.45) is 0 Å². The molecule has 0 N–H and O–H groups in total. The van der Waals surface area contributed by atoms with Crippen molar-refractivity contribution in [2.75, 3.05) is 0 Å². The number of imidazole rings is 1. The first kappa shape index (κ1) is 10.6. The second-order valence-electron chi connectivity index (χ2n) is 3.67. The predicted octanol–water partition coefficient (Wildman–Crippen LogP) is 2.77. The lowest BCUT2D eigenvalue weighted by atomic mass is 10.2. The molecule has 2 aromatic rings. The number of benzene rings is 1. The van der Waals surface area contributed by atoms with Crippen molar-refractivity contribution in [1.82, 2.24) is 9.55 Å². The molecule has 0 amide bonds. The smallest absolute Gasteiger partial charge is 0.170 e. The van der Waals surface area contributed by atoms with E-state index in [1.807, 2.05) is 34.9 Å². The number of aromatic nitrogens is 2. The van der Waals surface area contributed by atoms with Crippen LogP contribution in [0, 0.1) is 0 Å². The SMILES string of the molecule is CCCn1cc(C=O)nc1-c1ccccc1. The molecular weight excluding hydrogens is 200 g/mol. The topological polar surface area (TPSA) is 34.9 Å². The lowest BCUT2D eigenvalue weighted by molar-refractivity contribution is 0.111. The Morgan fingerprint density at radius 1 is 1.31 bits per heavy atom. The highest BCUT2D eigenvalue weighted by atomic mass is 16.1. The van der Waals surface area contributed by atoms with Crippen LogP contribution >= 0.6 is 0 Å². The van der Waals surface area contributed by atoms with Gasteiger partial charge >= 0.3 is 0 Å². The fraction of sp³-hybridized carbons (Fsp3) is 0.231. The third-order valence-electron chi connectivity index (χ3n) is 2.41. The van der Waals surface area contributed by atoms with E-state index in [4.69, 9.17) is 0 Å². The number of nitrogens with zero attached hydrogens (tertiary/aromatic N) is 2. The average molecular weight is 214 g/mol. The standard InChI is InChI=1S/C13H14N2O/c1-2-8-15-9-12(10-16)14-13(15)11-6-4-3-5-7-11/h3-7,9-10H,2,8H2,1H3. The van der Waals surface area contributed by atoms with E-state index in [1.54, 1.807) is 6.20 Å². The molecular formula is C13H14N2O. The maximum Gasteiger partial charge on any atom is 0.170 e. The Balaban J connectivity index is 2.46. The van der Waals surface area contributed by atoms with Crippen molar-refractivity contribution < 1.29 is 4.79 Å². The van der Waals surface area contributed by atoms with Gasteiger partial charge in [0.05, 0.1) is 0 Å². The third kappa shape index (κ3) is 2.03. The number of hydrogen-bond acceptors (Lipinski definition) is 2. The predicted molar refractivity (Wildman–Crippen MR) is 63.3 cm³/mol. The van der Waals surface area contributed by atoms with Crippen molar-refractivity contribution in [2.45, 2.75) is 19.9 Å². The summed E-state index contributed by atoms with van der Waals surface area (Å²) in [6.07, 6.45) is 3.62. The van der Waals surface area contributed by atoms with Gasteiger partial charge in [-0.1, -0.05) is 37.3 Å². The highest BCUT2D eigenvalue weighted by Gasteiger charge is 2.08. The van der Waals surface area contributed by atoms with Crippen LogP contribution in [0.2, 0.25) is 0 Å². The third-order valence-corrected chi connectivity index (χ3v) is 2.41. The quantitative estimate of drug-likeness (QED) is 0.733. The van der Waals surface area contributed by atoms with E-state index in [0.717, 1.165) is 30.6 Å². The lowest BCUT2D eigenvalue weighted by Crippen LogP contribution is -1.97. The molecule has 3 heteroatoms. The fourth-order valence-corrected chi connectivity index (χ4v) is 1.72. The van der Waals surface area contributed by atoms with Crippen LogP contribution in [0.4, 0.5) is 0 Å². The molecule has 0 radical (unpaired) electrons. The Labute approximate surface area is 94.7 Å². The van der Waals surface area contributed by atoms with Gasteiger partial charge in [-0.05, 0) is 6.42 Å². The molecule has 0 aliphatic carbocycles. The maximum absolute atomic E-state index is 10.7. The second kappa shape index (κ2) is 4.75.